The number of benzene rings is 1. The normalized spacial score (nSPS) is 19.1. The Morgan fingerprint density at radius 1 is 1.12 bits per heavy atom. The quantitative estimate of drug-likeness (QED) is 0.737. The predicted molar refractivity (Wildman–Crippen MR) is 69.8 cm³/mol. The van der Waals surface area contributed by atoms with Crippen LogP contribution in [0.25, 0.3) is 17.0 Å². The molecular formula is C15H15NO. The van der Waals surface area contributed by atoms with Crippen molar-refractivity contribution in [3.63, 3.8) is 0 Å². The lowest BCUT2D eigenvalue weighted by molar-refractivity contribution is -0.116. The van der Waals surface area contributed by atoms with E-state index in [2.05, 4.69) is 23.2 Å². The van der Waals surface area contributed by atoms with E-state index in [1.54, 1.807) is 0 Å². The Hall–Kier alpha value is -1.83. The molecule has 1 aliphatic rings. The number of rotatable bonds is 1. The minimum absolute atomic E-state index is 0.321. The van der Waals surface area contributed by atoms with Crippen LogP contribution in [0.4, 0.5) is 0 Å². The van der Waals surface area contributed by atoms with Crippen molar-refractivity contribution in [1.82, 2.24) is 4.98 Å². The average Bonchev–Trinajstić information content (AvgIpc) is 2.76. The molecule has 2 nitrogen and oxygen atoms in total. The van der Waals surface area contributed by atoms with Crippen LogP contribution >= 0.6 is 0 Å². The molecule has 0 radical (unpaired) electrons. The number of Topliss-reactive ketones (excluding diaryl/α,β-unsaturated/α-hetero) is 1. The zero-order valence-corrected chi connectivity index (χ0v) is 9.70. The summed E-state index contributed by atoms with van der Waals surface area (Å²) in [4.78, 5) is 15.0. The fourth-order valence-corrected chi connectivity index (χ4v) is 2.45. The Morgan fingerprint density at radius 3 is 2.82 bits per heavy atom. The van der Waals surface area contributed by atoms with Gasteiger partial charge in [0, 0.05) is 29.1 Å². The van der Waals surface area contributed by atoms with Crippen molar-refractivity contribution >= 4 is 22.8 Å². The van der Waals surface area contributed by atoms with E-state index < -0.39 is 0 Å². The maximum absolute atomic E-state index is 11.8. The smallest absolute Gasteiger partial charge is 0.158 e. The maximum Gasteiger partial charge on any atom is 0.158 e. The number of aromatic nitrogens is 1. The second kappa shape index (κ2) is 4.21. The van der Waals surface area contributed by atoms with Crippen LogP contribution in [0.2, 0.25) is 0 Å². The molecule has 1 aromatic heterocycles. The van der Waals surface area contributed by atoms with Gasteiger partial charge in [-0.3, -0.25) is 4.79 Å². The van der Waals surface area contributed by atoms with E-state index in [0.29, 0.717) is 12.2 Å². The minimum atomic E-state index is 0.321. The summed E-state index contributed by atoms with van der Waals surface area (Å²) >= 11 is 0. The van der Waals surface area contributed by atoms with Crippen LogP contribution in [-0.4, -0.2) is 10.8 Å². The SMILES string of the molecule is O=C1CCCCC1=Cc1c[nH]c2ccccc12. The third kappa shape index (κ3) is 1.91. The number of ketones is 1. The molecule has 1 N–H and O–H groups in total. The molecule has 1 aliphatic carbocycles. The number of hydrogen-bond acceptors (Lipinski definition) is 1. The molecule has 17 heavy (non-hydrogen) atoms. The van der Waals surface area contributed by atoms with Gasteiger partial charge in [-0.15, -0.1) is 0 Å². The van der Waals surface area contributed by atoms with Gasteiger partial charge in [-0.25, -0.2) is 0 Å². The third-order valence-corrected chi connectivity index (χ3v) is 3.41. The number of nitrogens with one attached hydrogen (secondary N) is 1. The number of allylic oxidation sites excluding steroid dienone is 1. The van der Waals surface area contributed by atoms with E-state index in [1.165, 1.54) is 5.39 Å². The minimum Gasteiger partial charge on any atom is -0.361 e. The number of H-pyrrole nitrogens is 1. The second-order valence-corrected chi connectivity index (χ2v) is 4.59. The molecule has 0 aliphatic heterocycles. The van der Waals surface area contributed by atoms with Crippen LogP contribution in [0.15, 0.2) is 36.0 Å². The number of aromatic amines is 1. The summed E-state index contributed by atoms with van der Waals surface area (Å²) in [6.07, 6.45) is 7.87. The molecule has 1 aromatic carbocycles. The van der Waals surface area contributed by atoms with Crippen LogP contribution in [0.5, 0.6) is 0 Å². The van der Waals surface area contributed by atoms with Gasteiger partial charge in [0.25, 0.3) is 0 Å². The van der Waals surface area contributed by atoms with E-state index in [-0.39, 0.29) is 0 Å². The largest absolute Gasteiger partial charge is 0.361 e. The van der Waals surface area contributed by atoms with Crippen LogP contribution in [0.3, 0.4) is 0 Å². The van der Waals surface area contributed by atoms with Gasteiger partial charge in [0.2, 0.25) is 0 Å². The van der Waals surface area contributed by atoms with Gasteiger partial charge in [0.1, 0.15) is 0 Å². The first-order valence-corrected chi connectivity index (χ1v) is 6.14. The van der Waals surface area contributed by atoms with E-state index >= 15 is 0 Å². The molecule has 2 aromatic rings. The Labute approximate surface area is 100 Å². The topological polar surface area (TPSA) is 32.9 Å². The van der Waals surface area contributed by atoms with E-state index in [0.717, 1.165) is 35.9 Å². The number of fused-ring (bicyclic) bond motifs is 1. The van der Waals surface area contributed by atoms with Crippen LogP contribution < -0.4 is 0 Å². The Morgan fingerprint density at radius 2 is 1.94 bits per heavy atom. The summed E-state index contributed by atoms with van der Waals surface area (Å²) in [5.74, 6) is 0.321. The molecule has 1 heterocycles. The van der Waals surface area contributed by atoms with E-state index in [1.807, 2.05) is 18.3 Å². The van der Waals surface area contributed by atoms with Gasteiger partial charge >= 0.3 is 0 Å². The van der Waals surface area contributed by atoms with Crippen molar-refractivity contribution in [3.05, 3.63) is 41.6 Å². The summed E-state index contributed by atoms with van der Waals surface area (Å²) in [6.45, 7) is 0. The fraction of sp³-hybridized carbons (Fsp3) is 0.267. The lowest BCUT2D eigenvalue weighted by Gasteiger charge is -2.11. The summed E-state index contributed by atoms with van der Waals surface area (Å²) < 4.78 is 0. The second-order valence-electron chi connectivity index (χ2n) is 4.59. The third-order valence-electron chi connectivity index (χ3n) is 3.41. The molecule has 0 bridgehead atoms. The first-order valence-electron chi connectivity index (χ1n) is 6.14. The number of carbonyl (C=O) groups is 1. The predicted octanol–water partition coefficient (Wildman–Crippen LogP) is 3.69. The van der Waals surface area contributed by atoms with Crippen molar-refractivity contribution in [1.29, 1.82) is 0 Å². The van der Waals surface area contributed by atoms with Crippen molar-refractivity contribution in [2.24, 2.45) is 0 Å². The van der Waals surface area contributed by atoms with Crippen molar-refractivity contribution < 1.29 is 4.79 Å². The first-order chi connectivity index (χ1) is 8.34. The molecule has 1 fully saturated rings. The van der Waals surface area contributed by atoms with Crippen molar-refractivity contribution in [2.75, 3.05) is 0 Å². The van der Waals surface area contributed by atoms with Gasteiger partial charge in [0.05, 0.1) is 0 Å². The highest BCUT2D eigenvalue weighted by Gasteiger charge is 2.15. The molecule has 0 saturated heterocycles. The molecule has 0 unspecified atom stereocenters. The zero-order valence-electron chi connectivity index (χ0n) is 9.70. The first kappa shape index (κ1) is 10.3. The summed E-state index contributed by atoms with van der Waals surface area (Å²) in [5, 5.41) is 1.19. The Balaban J connectivity index is 2.04. The highest BCUT2D eigenvalue weighted by Crippen LogP contribution is 2.25. The number of hydrogen-bond donors (Lipinski definition) is 1. The number of para-hydroxylation sites is 1. The average molecular weight is 225 g/mol. The molecular weight excluding hydrogens is 210 g/mol. The maximum atomic E-state index is 11.8. The van der Waals surface area contributed by atoms with E-state index in [4.69, 9.17) is 0 Å². The molecule has 3 rings (SSSR count). The van der Waals surface area contributed by atoms with Crippen LogP contribution in [0.1, 0.15) is 31.2 Å². The van der Waals surface area contributed by atoms with Crippen molar-refractivity contribution in [2.45, 2.75) is 25.7 Å². The van der Waals surface area contributed by atoms with E-state index in [9.17, 15) is 4.79 Å². The summed E-state index contributed by atoms with van der Waals surface area (Å²) in [7, 11) is 0. The molecule has 0 spiro atoms. The monoisotopic (exact) mass is 225 g/mol. The molecule has 0 amide bonds. The Bertz CT molecular complexity index is 592. The fourth-order valence-electron chi connectivity index (χ4n) is 2.45. The highest BCUT2D eigenvalue weighted by molar-refractivity contribution is 6.02. The molecule has 86 valence electrons. The van der Waals surface area contributed by atoms with Gasteiger partial charge in [-0.05, 0) is 37.0 Å². The molecule has 0 atom stereocenters. The molecule has 1 saturated carbocycles. The van der Waals surface area contributed by atoms with Gasteiger partial charge in [-0.2, -0.15) is 0 Å². The lowest BCUT2D eigenvalue weighted by Crippen LogP contribution is -2.07. The lowest BCUT2D eigenvalue weighted by atomic mass is 9.92. The van der Waals surface area contributed by atoms with Crippen LogP contribution in [-0.2, 0) is 4.79 Å². The summed E-state index contributed by atoms with van der Waals surface area (Å²) in [5.41, 5.74) is 3.24. The van der Waals surface area contributed by atoms with Crippen molar-refractivity contribution in [3.8, 4) is 0 Å². The number of carbonyl (C=O) groups excluding carboxylic acids is 1. The highest BCUT2D eigenvalue weighted by atomic mass is 16.1. The standard InChI is InChI=1S/C15H15NO/c17-15-8-4-1-5-11(15)9-12-10-16-14-7-3-2-6-13(12)14/h2-3,6-7,9-10,16H,1,4-5,8H2. The van der Waals surface area contributed by atoms with Gasteiger partial charge < -0.3 is 4.98 Å². The molecule has 2 heteroatoms. The summed E-state index contributed by atoms with van der Waals surface area (Å²) in [6, 6.07) is 8.19. The zero-order chi connectivity index (χ0) is 11.7. The Kier molecular flexibility index (Phi) is 2.56. The van der Waals surface area contributed by atoms with Gasteiger partial charge in [-0.1, -0.05) is 18.2 Å². The van der Waals surface area contributed by atoms with Gasteiger partial charge in [0.15, 0.2) is 5.78 Å². The van der Waals surface area contributed by atoms with Crippen LogP contribution in [0, 0.1) is 0 Å².